The number of aromatic nitrogens is 1. The Labute approximate surface area is 301 Å². The molecule has 0 radical (unpaired) electrons. The van der Waals surface area contributed by atoms with E-state index in [1.807, 2.05) is 0 Å². The summed E-state index contributed by atoms with van der Waals surface area (Å²) in [6.07, 6.45) is 0. The molecule has 244 valence electrons. The van der Waals surface area contributed by atoms with Gasteiger partial charge in [-0.3, -0.25) is 0 Å². The van der Waals surface area contributed by atoms with Gasteiger partial charge in [0.2, 0.25) is 0 Å². The smallest absolute Gasteiger partial charge is 0.140 e. The third-order valence-electron chi connectivity index (χ3n) is 10.9. The number of nitrogens with zero attached hydrogens (tertiary/aromatic N) is 1. The summed E-state index contributed by atoms with van der Waals surface area (Å²) in [5.74, 6) is 3.40. The molecule has 8 aromatic carbocycles. The zero-order chi connectivity index (χ0) is 34.2. The van der Waals surface area contributed by atoms with Crippen LogP contribution in [-0.4, -0.2) is 4.57 Å². The Morgan fingerprint density at radius 2 is 0.981 bits per heavy atom. The van der Waals surface area contributed by atoms with Gasteiger partial charge in [0.15, 0.2) is 0 Å². The second-order valence-electron chi connectivity index (χ2n) is 13.6. The van der Waals surface area contributed by atoms with E-state index in [2.05, 4.69) is 193 Å². The van der Waals surface area contributed by atoms with Gasteiger partial charge in [0.05, 0.1) is 16.4 Å². The Morgan fingerprint density at radius 1 is 0.385 bits per heavy atom. The Kier molecular flexibility index (Phi) is 6.17. The molecule has 0 N–H and O–H groups in total. The van der Waals surface area contributed by atoms with E-state index in [0.29, 0.717) is 0 Å². The summed E-state index contributed by atoms with van der Waals surface area (Å²) in [4.78, 5) is 0. The lowest BCUT2D eigenvalue weighted by Gasteiger charge is -2.46. The van der Waals surface area contributed by atoms with Crippen molar-refractivity contribution in [1.29, 1.82) is 0 Å². The van der Waals surface area contributed by atoms with Crippen LogP contribution in [-0.2, 0) is 5.41 Å². The van der Waals surface area contributed by atoms with E-state index in [4.69, 9.17) is 9.47 Å². The minimum absolute atomic E-state index is 0.739. The van der Waals surface area contributed by atoms with Crippen LogP contribution < -0.4 is 9.47 Å². The molecular formula is C49H31NO2. The van der Waals surface area contributed by atoms with Crippen molar-refractivity contribution < 1.29 is 9.47 Å². The molecule has 1 aromatic heterocycles. The third kappa shape index (κ3) is 3.96. The summed E-state index contributed by atoms with van der Waals surface area (Å²) < 4.78 is 16.3. The third-order valence-corrected chi connectivity index (χ3v) is 10.9. The molecule has 0 aliphatic carbocycles. The maximum Gasteiger partial charge on any atom is 0.140 e. The molecule has 3 heterocycles. The predicted octanol–water partition coefficient (Wildman–Crippen LogP) is 12.7. The summed E-state index contributed by atoms with van der Waals surface area (Å²) in [5.41, 5.74) is 11.5. The van der Waals surface area contributed by atoms with Crippen molar-refractivity contribution in [3.05, 3.63) is 210 Å². The second-order valence-corrected chi connectivity index (χ2v) is 13.6. The fourth-order valence-electron chi connectivity index (χ4n) is 8.82. The highest BCUT2D eigenvalue weighted by atomic mass is 16.5. The number of para-hydroxylation sites is 5. The molecule has 0 fully saturated rings. The van der Waals surface area contributed by atoms with Crippen molar-refractivity contribution in [3.8, 4) is 50.9 Å². The van der Waals surface area contributed by atoms with Gasteiger partial charge in [-0.15, -0.1) is 0 Å². The first kappa shape index (κ1) is 28.9. The first-order valence-corrected chi connectivity index (χ1v) is 17.8. The number of fused-ring (bicyclic) bond motifs is 11. The van der Waals surface area contributed by atoms with Gasteiger partial charge >= 0.3 is 0 Å². The number of rotatable bonds is 3. The minimum atomic E-state index is -0.739. The van der Waals surface area contributed by atoms with Gasteiger partial charge in [-0.1, -0.05) is 146 Å². The van der Waals surface area contributed by atoms with Crippen molar-refractivity contribution in [2.75, 3.05) is 0 Å². The Bertz CT molecular complexity index is 2840. The summed E-state index contributed by atoms with van der Waals surface area (Å²) in [6, 6.07) is 66.9. The van der Waals surface area contributed by atoms with E-state index in [1.165, 1.54) is 16.3 Å². The lowest BCUT2D eigenvalue weighted by Crippen LogP contribution is -2.37. The standard InChI is InChI=1S/C49H31NO2/c1-3-15-32(16-4-1)36-21-13-24-41-48(36)52-45-27-12-9-23-40(45)49(41)39-22-8-11-26-44(39)51-46-28-14-20-35(47(46)49)33-29-30-38-37-19-7-10-25-42(37)50(43(38)31-33)34-17-5-2-6-18-34/h1-31H. The average Bonchev–Trinajstić information content (AvgIpc) is 3.54. The van der Waals surface area contributed by atoms with Gasteiger partial charge in [0, 0.05) is 44.3 Å². The monoisotopic (exact) mass is 665 g/mol. The summed E-state index contributed by atoms with van der Waals surface area (Å²) in [5, 5.41) is 2.45. The van der Waals surface area contributed by atoms with Gasteiger partial charge in [-0.25, -0.2) is 0 Å². The van der Waals surface area contributed by atoms with E-state index in [9.17, 15) is 0 Å². The van der Waals surface area contributed by atoms with Gasteiger partial charge in [-0.2, -0.15) is 0 Å². The van der Waals surface area contributed by atoms with Crippen LogP contribution in [0.25, 0.3) is 49.7 Å². The average molecular weight is 666 g/mol. The summed E-state index contributed by atoms with van der Waals surface area (Å²) in [6.45, 7) is 0. The molecule has 52 heavy (non-hydrogen) atoms. The van der Waals surface area contributed by atoms with E-state index in [-0.39, 0.29) is 0 Å². The van der Waals surface area contributed by atoms with E-state index in [1.54, 1.807) is 0 Å². The Hall–Kier alpha value is -6.84. The van der Waals surface area contributed by atoms with Crippen LogP contribution in [0.1, 0.15) is 22.3 Å². The summed E-state index contributed by atoms with van der Waals surface area (Å²) in [7, 11) is 0. The van der Waals surface area contributed by atoms with Crippen molar-refractivity contribution >= 4 is 21.8 Å². The lowest BCUT2D eigenvalue weighted by molar-refractivity contribution is 0.401. The van der Waals surface area contributed by atoms with Crippen LogP contribution in [0, 0.1) is 0 Å². The van der Waals surface area contributed by atoms with Crippen molar-refractivity contribution in [1.82, 2.24) is 4.57 Å². The number of benzene rings is 8. The molecule has 0 saturated heterocycles. The van der Waals surface area contributed by atoms with E-state index < -0.39 is 5.41 Å². The molecule has 3 heteroatoms. The topological polar surface area (TPSA) is 23.4 Å². The van der Waals surface area contributed by atoms with Gasteiger partial charge in [0.1, 0.15) is 23.0 Å². The predicted molar refractivity (Wildman–Crippen MR) is 210 cm³/mol. The van der Waals surface area contributed by atoms with Crippen molar-refractivity contribution in [3.63, 3.8) is 0 Å². The molecule has 9 aromatic rings. The molecule has 0 amide bonds. The highest BCUT2D eigenvalue weighted by Gasteiger charge is 2.52. The molecule has 2 aliphatic rings. The number of hydrogen-bond acceptors (Lipinski definition) is 2. The van der Waals surface area contributed by atoms with Crippen molar-refractivity contribution in [2.24, 2.45) is 0 Å². The van der Waals surface area contributed by atoms with Crippen molar-refractivity contribution in [2.45, 2.75) is 5.41 Å². The quantitative estimate of drug-likeness (QED) is 0.187. The maximum absolute atomic E-state index is 6.98. The molecule has 11 rings (SSSR count). The largest absolute Gasteiger partial charge is 0.457 e. The van der Waals surface area contributed by atoms with Crippen LogP contribution >= 0.6 is 0 Å². The number of hydrogen-bond donors (Lipinski definition) is 0. The highest BCUT2D eigenvalue weighted by molar-refractivity contribution is 6.10. The first-order valence-electron chi connectivity index (χ1n) is 17.8. The van der Waals surface area contributed by atoms with Gasteiger partial charge in [-0.05, 0) is 59.2 Å². The Morgan fingerprint density at radius 3 is 1.79 bits per heavy atom. The molecular weight excluding hydrogens is 635 g/mol. The van der Waals surface area contributed by atoms with E-state index >= 15 is 0 Å². The van der Waals surface area contributed by atoms with Gasteiger partial charge in [0.25, 0.3) is 0 Å². The highest BCUT2D eigenvalue weighted by Crippen LogP contribution is 2.64. The number of ether oxygens (including phenoxy) is 2. The summed E-state index contributed by atoms with van der Waals surface area (Å²) >= 11 is 0. The first-order chi connectivity index (χ1) is 25.8. The fraction of sp³-hybridized carbons (Fsp3) is 0.0204. The molecule has 1 atom stereocenters. The van der Waals surface area contributed by atoms with Gasteiger partial charge < -0.3 is 14.0 Å². The maximum atomic E-state index is 6.98. The molecule has 2 aliphatic heterocycles. The zero-order valence-electron chi connectivity index (χ0n) is 28.2. The lowest BCUT2D eigenvalue weighted by atomic mass is 9.60. The second kappa shape index (κ2) is 11.1. The fourth-order valence-corrected chi connectivity index (χ4v) is 8.82. The molecule has 0 saturated carbocycles. The molecule has 3 nitrogen and oxygen atoms in total. The molecule has 0 bridgehead atoms. The normalized spacial score (nSPS) is 15.3. The van der Waals surface area contributed by atoms with Crippen LogP contribution in [0.5, 0.6) is 23.0 Å². The minimum Gasteiger partial charge on any atom is -0.457 e. The van der Waals surface area contributed by atoms with Crippen LogP contribution in [0.2, 0.25) is 0 Å². The van der Waals surface area contributed by atoms with Crippen LogP contribution in [0.4, 0.5) is 0 Å². The SMILES string of the molecule is c1ccc(-c2cccc3c2Oc2ccccc2C32c3ccccc3Oc3cccc(-c4ccc5c6ccccc6n(-c6ccccc6)c5c4)c32)cc1. The molecule has 1 spiro atoms. The Balaban J connectivity index is 1.26. The molecule has 1 unspecified atom stereocenters. The zero-order valence-corrected chi connectivity index (χ0v) is 28.2. The van der Waals surface area contributed by atoms with Crippen LogP contribution in [0.15, 0.2) is 188 Å². The van der Waals surface area contributed by atoms with Crippen LogP contribution in [0.3, 0.4) is 0 Å². The van der Waals surface area contributed by atoms with E-state index in [0.717, 1.165) is 78.7 Å².